The third-order valence-corrected chi connectivity index (χ3v) is 1.56. The van der Waals surface area contributed by atoms with Crippen molar-refractivity contribution in [2.45, 2.75) is 0 Å². The fraction of sp³-hybridized carbons (Fsp3) is 0.250. The summed E-state index contributed by atoms with van der Waals surface area (Å²) in [6, 6.07) is 0.342. The summed E-state index contributed by atoms with van der Waals surface area (Å²) in [5, 5.41) is 0. The molecule has 0 aliphatic rings. The van der Waals surface area contributed by atoms with Crippen molar-refractivity contribution in [3.63, 3.8) is 0 Å². The smallest absolute Gasteiger partial charge is 0.672 e. The predicted molar refractivity (Wildman–Crippen MR) is 79.1 cm³/mol. The Morgan fingerprint density at radius 3 is 1.22 bits per heavy atom. The van der Waals surface area contributed by atoms with Crippen LogP contribution in [0.1, 0.15) is 0 Å². The molecule has 1 aromatic rings. The van der Waals surface area contributed by atoms with Crippen molar-refractivity contribution in [2.75, 3.05) is 19.8 Å². The molecular formula is C12H15CaN3O6Si. The van der Waals surface area contributed by atoms with Crippen molar-refractivity contribution in [1.29, 1.82) is 0 Å². The predicted octanol–water partition coefficient (Wildman–Crippen LogP) is -1.69. The summed E-state index contributed by atoms with van der Waals surface area (Å²) >= 11 is 0. The van der Waals surface area contributed by atoms with Crippen LogP contribution < -0.4 is 23.8 Å². The first-order chi connectivity index (χ1) is 10.5. The molecule has 0 spiro atoms. The number of hydrogen-bond donors (Lipinski definition) is 0. The topological polar surface area (TPSA) is 130 Å². The van der Waals surface area contributed by atoms with Crippen molar-refractivity contribution >= 4 is 46.9 Å². The van der Waals surface area contributed by atoms with E-state index in [0.29, 0.717) is 0 Å². The Hall–Kier alpha value is -1.49. The molecule has 0 amide bonds. The van der Waals surface area contributed by atoms with E-state index >= 15 is 0 Å². The Morgan fingerprint density at radius 2 is 1.04 bits per heavy atom. The molecule has 0 bridgehead atoms. The minimum Gasteiger partial charge on any atom is -0.672 e. The van der Waals surface area contributed by atoms with Crippen molar-refractivity contribution in [3.8, 4) is 18.0 Å². The zero-order valence-corrected chi connectivity index (χ0v) is 15.7. The Bertz CT molecular complexity index is 439. The average molecular weight is 365 g/mol. The van der Waals surface area contributed by atoms with Gasteiger partial charge in [-0.05, 0) is 0 Å². The van der Waals surface area contributed by atoms with E-state index in [4.69, 9.17) is 28.3 Å². The van der Waals surface area contributed by atoms with E-state index in [-0.39, 0.29) is 75.6 Å². The zero-order chi connectivity index (χ0) is 16.8. The van der Waals surface area contributed by atoms with Crippen LogP contribution >= 0.6 is 0 Å². The van der Waals surface area contributed by atoms with Crippen LogP contribution in [0.2, 0.25) is 0 Å². The molecule has 11 heteroatoms. The number of nitrogens with zero attached hydrogens (tertiary/aromatic N) is 3. The number of hydrogen-bond acceptors (Lipinski definition) is 9. The van der Waals surface area contributed by atoms with Crippen molar-refractivity contribution in [1.82, 2.24) is 15.0 Å². The Morgan fingerprint density at radius 1 is 0.826 bits per heavy atom. The molecule has 1 heterocycles. The van der Waals surface area contributed by atoms with E-state index < -0.39 is 9.17 Å². The summed E-state index contributed by atoms with van der Waals surface area (Å²) in [4.78, 5) is 28.9. The molecule has 0 atom stereocenters. The van der Waals surface area contributed by atoms with Crippen LogP contribution in [0.5, 0.6) is 18.0 Å². The van der Waals surface area contributed by atoms with Crippen LogP contribution in [-0.4, -0.2) is 81.7 Å². The summed E-state index contributed by atoms with van der Waals surface area (Å²) in [6.45, 7) is 11.5. The van der Waals surface area contributed by atoms with Gasteiger partial charge >= 0.3 is 55.8 Å². The largest absolute Gasteiger partial charge is 2.00 e. The molecular weight excluding hydrogens is 350 g/mol. The maximum absolute atomic E-state index is 8.52. The first-order valence-electron chi connectivity index (χ1n) is 5.88. The molecule has 23 heavy (non-hydrogen) atoms. The van der Waals surface area contributed by atoms with E-state index in [1.807, 2.05) is 0 Å². The number of ether oxygens (including phenoxy) is 3. The van der Waals surface area contributed by atoms with Crippen molar-refractivity contribution in [3.05, 3.63) is 38.0 Å². The number of rotatable bonds is 9. The molecule has 0 saturated heterocycles. The van der Waals surface area contributed by atoms with Gasteiger partial charge in [0.25, 0.3) is 0 Å². The second-order valence-corrected chi connectivity index (χ2v) is 3.73. The quantitative estimate of drug-likeness (QED) is 0.371. The first kappa shape index (κ1) is 23.8. The van der Waals surface area contributed by atoms with Gasteiger partial charge < -0.3 is 28.3 Å². The second kappa shape index (κ2) is 15.4. The molecule has 0 saturated carbocycles. The summed E-state index contributed by atoms with van der Waals surface area (Å²) in [6.07, 6.45) is 4.75. The molecule has 0 aromatic carbocycles. The van der Waals surface area contributed by atoms with Crippen LogP contribution in [-0.2, 0) is 4.46 Å². The monoisotopic (exact) mass is 365 g/mol. The van der Waals surface area contributed by atoms with E-state index in [9.17, 15) is 0 Å². The molecule has 0 radical (unpaired) electrons. The molecule has 0 N–H and O–H groups in total. The van der Waals surface area contributed by atoms with E-state index in [1.165, 1.54) is 0 Å². The zero-order valence-electron chi connectivity index (χ0n) is 12.5. The molecule has 9 nitrogen and oxygen atoms in total. The summed E-state index contributed by atoms with van der Waals surface area (Å²) in [5.74, 6) is 0. The van der Waals surface area contributed by atoms with Crippen LogP contribution in [0.3, 0.4) is 0 Å². The van der Waals surface area contributed by atoms with Crippen molar-refractivity contribution < 1.29 is 28.3 Å². The van der Waals surface area contributed by atoms with Crippen LogP contribution in [0.15, 0.2) is 38.0 Å². The summed E-state index contributed by atoms with van der Waals surface area (Å²) in [7, 11) is -3.63. The normalized spacial score (nSPS) is 8.35. The molecule has 0 aliphatic carbocycles. The minimum absolute atomic E-state index is 0. The molecule has 120 valence electrons. The first-order valence-corrected chi connectivity index (χ1v) is 7.11. The summed E-state index contributed by atoms with van der Waals surface area (Å²) < 4.78 is 24.1. The van der Waals surface area contributed by atoms with Gasteiger partial charge in [-0.1, -0.05) is 38.0 Å². The molecule has 0 fully saturated rings. The molecule has 0 unspecified atom stereocenters. The standard InChI is InChI=1S/C12H15N3O3.Ca.O3Si/c1-4-7-16-10-13-11(17-8-5-2)15-12(14-10)18-9-6-3;;1-4(2)3/h4-6H,1-3,7-9H2;;/q;+2;-2. The Labute approximate surface area is 165 Å². The molecule has 1 rings (SSSR count). The van der Waals surface area contributed by atoms with Gasteiger partial charge in [0.2, 0.25) is 0 Å². The van der Waals surface area contributed by atoms with E-state index in [0.717, 1.165) is 0 Å². The summed E-state index contributed by atoms with van der Waals surface area (Å²) in [5.41, 5.74) is 0. The average Bonchev–Trinajstić information content (AvgIpc) is 2.48. The molecule has 0 aliphatic heterocycles. The van der Waals surface area contributed by atoms with Crippen LogP contribution in [0, 0.1) is 0 Å². The SMILES string of the molecule is C=CCOc1nc(OCC=C)nc(OCC=C)n1.O=[Si]([O-])[O-].[Ca+2]. The van der Waals surface area contributed by atoms with Gasteiger partial charge in [-0.2, -0.15) is 0 Å². The van der Waals surface area contributed by atoms with E-state index in [2.05, 4.69) is 34.7 Å². The van der Waals surface area contributed by atoms with Crippen LogP contribution in [0.4, 0.5) is 0 Å². The van der Waals surface area contributed by atoms with Crippen molar-refractivity contribution in [2.24, 2.45) is 0 Å². The maximum Gasteiger partial charge on any atom is 2.00 e. The fourth-order valence-corrected chi connectivity index (χ4v) is 0.914. The Kier molecular flexibility index (Phi) is 15.9. The van der Waals surface area contributed by atoms with Gasteiger partial charge in [0.1, 0.15) is 19.8 Å². The minimum atomic E-state index is -3.63. The third kappa shape index (κ3) is 13.9. The Balaban J connectivity index is 0. The van der Waals surface area contributed by atoms with Gasteiger partial charge in [0, 0.05) is 9.17 Å². The van der Waals surface area contributed by atoms with Gasteiger partial charge in [0.05, 0.1) is 0 Å². The second-order valence-electron chi connectivity index (χ2n) is 3.23. The van der Waals surface area contributed by atoms with E-state index in [1.54, 1.807) is 18.2 Å². The van der Waals surface area contributed by atoms with Gasteiger partial charge in [0.15, 0.2) is 0 Å². The molecule has 1 aromatic heterocycles. The van der Waals surface area contributed by atoms with Gasteiger partial charge in [-0.15, -0.1) is 15.0 Å². The maximum atomic E-state index is 8.52. The fourth-order valence-electron chi connectivity index (χ4n) is 0.914. The van der Waals surface area contributed by atoms with Crippen LogP contribution in [0.25, 0.3) is 0 Å². The van der Waals surface area contributed by atoms with Gasteiger partial charge in [-0.25, -0.2) is 0 Å². The third-order valence-electron chi connectivity index (χ3n) is 1.56. The van der Waals surface area contributed by atoms with Gasteiger partial charge in [-0.3, -0.25) is 0 Å². The number of aromatic nitrogens is 3.